The molecule has 1 aromatic heterocycles. The normalized spacial score (nSPS) is 16.3. The van der Waals surface area contributed by atoms with Crippen LogP contribution in [0.5, 0.6) is 0 Å². The number of piperazine rings is 1. The third-order valence-electron chi connectivity index (χ3n) is 5.01. The number of imidazole rings is 1. The van der Waals surface area contributed by atoms with E-state index in [0.29, 0.717) is 0 Å². The summed E-state index contributed by atoms with van der Waals surface area (Å²) in [5, 5.41) is 0. The molecule has 0 radical (unpaired) electrons. The fourth-order valence-corrected chi connectivity index (χ4v) is 3.29. The summed E-state index contributed by atoms with van der Waals surface area (Å²) >= 11 is 0. The van der Waals surface area contributed by atoms with E-state index in [0.717, 1.165) is 37.7 Å². The van der Waals surface area contributed by atoms with Crippen molar-refractivity contribution in [2.24, 2.45) is 0 Å². The number of benzene rings is 1. The smallest absolute Gasteiger partial charge is 0.233 e. The molecular weight excluding hydrogens is 300 g/mol. The van der Waals surface area contributed by atoms with Crippen molar-refractivity contribution in [1.82, 2.24) is 14.9 Å². The summed E-state index contributed by atoms with van der Waals surface area (Å²) in [6.45, 7) is 11.5. The van der Waals surface area contributed by atoms with Gasteiger partial charge >= 0.3 is 0 Å². The first kappa shape index (κ1) is 16.6. The monoisotopic (exact) mass is 326 g/mol. The van der Waals surface area contributed by atoms with E-state index in [2.05, 4.69) is 46.9 Å². The molecule has 1 amide bonds. The van der Waals surface area contributed by atoms with Gasteiger partial charge in [-0.15, -0.1) is 0 Å². The largest absolute Gasteiger partial charge is 0.368 e. The fraction of sp³-hybridized carbons (Fsp3) is 0.474. The molecule has 1 aromatic carbocycles. The number of aryl methyl sites for hydroxylation is 2. The number of anilines is 1. The van der Waals surface area contributed by atoms with Crippen LogP contribution in [0.3, 0.4) is 0 Å². The molecule has 1 aliphatic heterocycles. The number of aromatic amines is 1. The molecule has 2 heterocycles. The van der Waals surface area contributed by atoms with Gasteiger partial charge in [0.1, 0.15) is 5.82 Å². The number of amides is 1. The first-order valence-corrected chi connectivity index (χ1v) is 8.59. The Kier molecular flexibility index (Phi) is 4.60. The predicted molar refractivity (Wildman–Crippen MR) is 96.4 cm³/mol. The number of nitrogens with one attached hydrogen (secondary N) is 1. The zero-order valence-corrected chi connectivity index (χ0v) is 15.0. The van der Waals surface area contributed by atoms with Crippen molar-refractivity contribution in [3.63, 3.8) is 0 Å². The number of aromatic nitrogens is 2. The summed E-state index contributed by atoms with van der Waals surface area (Å²) < 4.78 is 0. The van der Waals surface area contributed by atoms with Crippen molar-refractivity contribution in [3.05, 3.63) is 47.0 Å². The third kappa shape index (κ3) is 3.16. The van der Waals surface area contributed by atoms with Crippen molar-refractivity contribution < 1.29 is 4.79 Å². The molecule has 1 fully saturated rings. The molecule has 1 unspecified atom stereocenters. The summed E-state index contributed by atoms with van der Waals surface area (Å²) in [5.74, 6) is 0.699. The van der Waals surface area contributed by atoms with E-state index in [9.17, 15) is 4.79 Å². The van der Waals surface area contributed by atoms with Crippen molar-refractivity contribution in [3.8, 4) is 0 Å². The number of rotatable bonds is 3. The van der Waals surface area contributed by atoms with Gasteiger partial charge in [-0.1, -0.05) is 12.1 Å². The van der Waals surface area contributed by atoms with Crippen LogP contribution < -0.4 is 4.90 Å². The van der Waals surface area contributed by atoms with Crippen molar-refractivity contribution in [2.75, 3.05) is 31.1 Å². The van der Waals surface area contributed by atoms with Crippen LogP contribution in [-0.2, 0) is 4.79 Å². The Bertz CT molecular complexity index is 729. The molecule has 128 valence electrons. The highest BCUT2D eigenvalue weighted by Gasteiger charge is 2.27. The maximum absolute atomic E-state index is 12.7. The van der Waals surface area contributed by atoms with Gasteiger partial charge in [0.25, 0.3) is 0 Å². The molecule has 1 aliphatic rings. The van der Waals surface area contributed by atoms with Crippen LogP contribution in [0.25, 0.3) is 0 Å². The molecule has 1 saturated heterocycles. The quantitative estimate of drug-likeness (QED) is 0.943. The topological polar surface area (TPSA) is 52.2 Å². The SMILES string of the molecule is Cc1cnc(C(C)C(=O)N2CCN(c3cccc(C)c3C)CC2)[nH]1. The summed E-state index contributed by atoms with van der Waals surface area (Å²) in [6, 6.07) is 6.43. The van der Waals surface area contributed by atoms with E-state index in [4.69, 9.17) is 0 Å². The maximum Gasteiger partial charge on any atom is 0.233 e. The van der Waals surface area contributed by atoms with Crippen LogP contribution >= 0.6 is 0 Å². The number of nitrogens with zero attached hydrogens (tertiary/aromatic N) is 3. The molecular formula is C19H26N4O. The lowest BCUT2D eigenvalue weighted by Crippen LogP contribution is -2.50. The van der Waals surface area contributed by atoms with Gasteiger partial charge in [-0.3, -0.25) is 4.79 Å². The van der Waals surface area contributed by atoms with Crippen LogP contribution in [0.1, 0.15) is 35.5 Å². The molecule has 1 N–H and O–H groups in total. The van der Waals surface area contributed by atoms with Gasteiger partial charge in [-0.25, -0.2) is 4.98 Å². The van der Waals surface area contributed by atoms with E-state index >= 15 is 0 Å². The maximum atomic E-state index is 12.7. The summed E-state index contributed by atoms with van der Waals surface area (Å²) in [5.41, 5.74) is 4.92. The summed E-state index contributed by atoms with van der Waals surface area (Å²) in [6.07, 6.45) is 1.78. The molecule has 2 aromatic rings. The lowest BCUT2D eigenvalue weighted by Gasteiger charge is -2.37. The number of carbonyl (C=O) groups excluding carboxylic acids is 1. The Hall–Kier alpha value is -2.30. The van der Waals surface area contributed by atoms with Crippen molar-refractivity contribution in [2.45, 2.75) is 33.6 Å². The number of hydrogen-bond acceptors (Lipinski definition) is 3. The Morgan fingerprint density at radius 2 is 1.88 bits per heavy atom. The van der Waals surface area contributed by atoms with E-state index in [-0.39, 0.29) is 11.8 Å². The zero-order chi connectivity index (χ0) is 17.3. The Morgan fingerprint density at radius 3 is 2.50 bits per heavy atom. The summed E-state index contributed by atoms with van der Waals surface area (Å²) in [7, 11) is 0. The number of H-pyrrole nitrogens is 1. The van der Waals surface area contributed by atoms with Crippen LogP contribution in [0.4, 0.5) is 5.69 Å². The molecule has 1 atom stereocenters. The van der Waals surface area contributed by atoms with Gasteiger partial charge in [0, 0.05) is 43.8 Å². The Balaban J connectivity index is 1.64. The second kappa shape index (κ2) is 6.67. The minimum atomic E-state index is -0.217. The average molecular weight is 326 g/mol. The zero-order valence-electron chi connectivity index (χ0n) is 15.0. The highest BCUT2D eigenvalue weighted by atomic mass is 16.2. The van der Waals surface area contributed by atoms with E-state index in [1.54, 1.807) is 6.20 Å². The highest BCUT2D eigenvalue weighted by molar-refractivity contribution is 5.82. The minimum Gasteiger partial charge on any atom is -0.368 e. The first-order chi connectivity index (χ1) is 11.5. The van der Waals surface area contributed by atoms with Crippen molar-refractivity contribution in [1.29, 1.82) is 0 Å². The van der Waals surface area contributed by atoms with Crippen LogP contribution in [0.2, 0.25) is 0 Å². The van der Waals surface area contributed by atoms with E-state index in [1.165, 1.54) is 16.8 Å². The van der Waals surface area contributed by atoms with Crippen molar-refractivity contribution >= 4 is 11.6 Å². The lowest BCUT2D eigenvalue weighted by molar-refractivity contribution is -0.132. The molecule has 3 rings (SSSR count). The highest BCUT2D eigenvalue weighted by Crippen LogP contribution is 2.24. The molecule has 5 nitrogen and oxygen atoms in total. The number of carbonyl (C=O) groups is 1. The predicted octanol–water partition coefficient (Wildman–Crippen LogP) is 2.79. The van der Waals surface area contributed by atoms with E-state index < -0.39 is 0 Å². The van der Waals surface area contributed by atoms with Crippen LogP contribution in [0, 0.1) is 20.8 Å². The average Bonchev–Trinajstić information content (AvgIpc) is 3.03. The van der Waals surface area contributed by atoms with Crippen LogP contribution in [0.15, 0.2) is 24.4 Å². The van der Waals surface area contributed by atoms with Gasteiger partial charge in [-0.2, -0.15) is 0 Å². The molecule has 0 saturated carbocycles. The third-order valence-corrected chi connectivity index (χ3v) is 5.01. The van der Waals surface area contributed by atoms with E-state index in [1.807, 2.05) is 18.7 Å². The van der Waals surface area contributed by atoms with Gasteiger partial charge < -0.3 is 14.8 Å². The van der Waals surface area contributed by atoms with Crippen LogP contribution in [-0.4, -0.2) is 47.0 Å². The van der Waals surface area contributed by atoms with Gasteiger partial charge in [0.15, 0.2) is 0 Å². The molecule has 5 heteroatoms. The Morgan fingerprint density at radius 1 is 1.17 bits per heavy atom. The summed E-state index contributed by atoms with van der Waals surface area (Å²) in [4.78, 5) is 24.5. The fourth-order valence-electron chi connectivity index (χ4n) is 3.29. The van der Waals surface area contributed by atoms with Gasteiger partial charge in [0.05, 0.1) is 5.92 Å². The minimum absolute atomic E-state index is 0.157. The Labute approximate surface area is 143 Å². The molecule has 0 bridgehead atoms. The second-order valence-electron chi connectivity index (χ2n) is 6.70. The second-order valence-corrected chi connectivity index (χ2v) is 6.70. The molecule has 0 spiro atoms. The first-order valence-electron chi connectivity index (χ1n) is 8.59. The number of hydrogen-bond donors (Lipinski definition) is 1. The van der Waals surface area contributed by atoms with Gasteiger partial charge in [0.2, 0.25) is 5.91 Å². The van der Waals surface area contributed by atoms with Gasteiger partial charge in [-0.05, 0) is 44.9 Å². The molecule has 24 heavy (non-hydrogen) atoms. The standard InChI is InChI=1S/C19H26N4O/c1-13-6-5-7-17(15(13)3)22-8-10-23(11-9-22)19(24)16(4)18-20-12-14(2)21-18/h5-7,12,16H,8-11H2,1-4H3,(H,20,21). The molecule has 0 aliphatic carbocycles. The lowest BCUT2D eigenvalue weighted by atomic mass is 10.1.